The first kappa shape index (κ1) is 15.5. The van der Waals surface area contributed by atoms with Gasteiger partial charge in [-0.05, 0) is 31.4 Å². The lowest BCUT2D eigenvalue weighted by atomic mass is 10.1. The van der Waals surface area contributed by atoms with Gasteiger partial charge in [0.2, 0.25) is 0 Å². The van der Waals surface area contributed by atoms with Gasteiger partial charge >= 0.3 is 12.1 Å². The van der Waals surface area contributed by atoms with E-state index in [0.717, 1.165) is 0 Å². The van der Waals surface area contributed by atoms with Gasteiger partial charge in [-0.2, -0.15) is 13.2 Å². The summed E-state index contributed by atoms with van der Waals surface area (Å²) in [5.74, 6) is -5.08. The molecule has 2 aliphatic rings. The molecule has 2 atom stereocenters. The summed E-state index contributed by atoms with van der Waals surface area (Å²) in [6, 6.07) is 5.94. The third-order valence-corrected chi connectivity index (χ3v) is 4.17. The molecule has 1 aliphatic carbocycles. The molecule has 0 saturated heterocycles. The van der Waals surface area contributed by atoms with Crippen molar-refractivity contribution in [1.29, 1.82) is 0 Å². The molecule has 3 rings (SSSR count). The van der Waals surface area contributed by atoms with E-state index in [4.69, 9.17) is 4.84 Å². The van der Waals surface area contributed by atoms with Gasteiger partial charge in [0.15, 0.2) is 0 Å². The number of rotatable bonds is 2. The number of halogens is 3. The van der Waals surface area contributed by atoms with Crippen LogP contribution < -0.4 is 0 Å². The minimum absolute atomic E-state index is 0.0200. The fourth-order valence-corrected chi connectivity index (χ4v) is 2.91. The number of imide groups is 1. The lowest BCUT2D eigenvalue weighted by Crippen LogP contribution is -2.35. The largest absolute Gasteiger partial charge is 0.391 e. The Morgan fingerprint density at radius 3 is 2.13 bits per heavy atom. The highest BCUT2D eigenvalue weighted by Crippen LogP contribution is 2.42. The van der Waals surface area contributed by atoms with Crippen LogP contribution in [0.4, 0.5) is 13.2 Å². The van der Waals surface area contributed by atoms with E-state index in [-0.39, 0.29) is 30.4 Å². The SMILES string of the molecule is O=C(ON1C(=O)c2ccccc2C1=O)C1CCC(C(F)(F)F)C1. The van der Waals surface area contributed by atoms with E-state index in [1.54, 1.807) is 12.1 Å². The van der Waals surface area contributed by atoms with Crippen LogP contribution in [-0.2, 0) is 9.63 Å². The molecule has 8 heteroatoms. The van der Waals surface area contributed by atoms with Crippen molar-refractivity contribution in [1.82, 2.24) is 5.06 Å². The van der Waals surface area contributed by atoms with Crippen LogP contribution in [0, 0.1) is 11.8 Å². The van der Waals surface area contributed by atoms with Crippen LogP contribution in [0.3, 0.4) is 0 Å². The van der Waals surface area contributed by atoms with Crippen LogP contribution in [0.2, 0.25) is 0 Å². The van der Waals surface area contributed by atoms with Gasteiger partial charge in [0.1, 0.15) is 0 Å². The Bertz CT molecular complexity index is 651. The van der Waals surface area contributed by atoms with Crippen molar-refractivity contribution in [2.24, 2.45) is 11.8 Å². The summed E-state index contributed by atoms with van der Waals surface area (Å²) in [7, 11) is 0. The molecular formula is C15H12F3NO4. The van der Waals surface area contributed by atoms with E-state index < -0.39 is 35.8 Å². The molecule has 0 aromatic heterocycles. The highest BCUT2D eigenvalue weighted by atomic mass is 19.4. The number of amides is 2. The summed E-state index contributed by atoms with van der Waals surface area (Å²) in [5.41, 5.74) is 0.203. The molecule has 2 amide bonds. The lowest BCUT2D eigenvalue weighted by Gasteiger charge is -2.17. The lowest BCUT2D eigenvalue weighted by molar-refractivity contribution is -0.180. The predicted molar refractivity (Wildman–Crippen MR) is 69.9 cm³/mol. The Morgan fingerprint density at radius 2 is 1.65 bits per heavy atom. The molecule has 1 aromatic rings. The highest BCUT2D eigenvalue weighted by Gasteiger charge is 2.47. The first-order valence-corrected chi connectivity index (χ1v) is 7.05. The van der Waals surface area contributed by atoms with E-state index >= 15 is 0 Å². The minimum Gasteiger partial charge on any atom is -0.329 e. The van der Waals surface area contributed by atoms with Gasteiger partial charge in [-0.25, -0.2) is 4.79 Å². The topological polar surface area (TPSA) is 63.7 Å². The third kappa shape index (κ3) is 2.69. The second-order valence-electron chi connectivity index (χ2n) is 5.61. The molecule has 1 heterocycles. The Morgan fingerprint density at radius 1 is 1.09 bits per heavy atom. The van der Waals surface area contributed by atoms with Crippen molar-refractivity contribution in [3.05, 3.63) is 35.4 Å². The van der Waals surface area contributed by atoms with E-state index in [2.05, 4.69) is 0 Å². The molecule has 1 fully saturated rings. The molecule has 1 aliphatic heterocycles. The monoisotopic (exact) mass is 327 g/mol. The molecule has 122 valence electrons. The number of hydrogen-bond donors (Lipinski definition) is 0. The van der Waals surface area contributed by atoms with Crippen LogP contribution in [0.15, 0.2) is 24.3 Å². The predicted octanol–water partition coefficient (Wildman–Crippen LogP) is 2.72. The zero-order valence-corrected chi connectivity index (χ0v) is 11.8. The normalized spacial score (nSPS) is 24.0. The molecule has 0 N–H and O–H groups in total. The number of hydrogen-bond acceptors (Lipinski definition) is 4. The first-order chi connectivity index (χ1) is 10.8. The van der Waals surface area contributed by atoms with Gasteiger partial charge in [-0.3, -0.25) is 9.59 Å². The second kappa shape index (κ2) is 5.36. The van der Waals surface area contributed by atoms with Gasteiger partial charge < -0.3 is 4.84 Å². The summed E-state index contributed by atoms with van der Waals surface area (Å²) >= 11 is 0. The molecule has 0 bridgehead atoms. The van der Waals surface area contributed by atoms with Crippen molar-refractivity contribution in [2.45, 2.75) is 25.4 Å². The summed E-state index contributed by atoms with van der Waals surface area (Å²) in [6.07, 6.45) is -4.88. The molecule has 0 spiro atoms. The molecular weight excluding hydrogens is 315 g/mol. The Labute approximate surface area is 129 Å². The van der Waals surface area contributed by atoms with Crippen LogP contribution in [0.25, 0.3) is 0 Å². The van der Waals surface area contributed by atoms with E-state index in [9.17, 15) is 27.6 Å². The summed E-state index contributed by atoms with van der Waals surface area (Å²) in [4.78, 5) is 40.8. The van der Waals surface area contributed by atoms with Crippen LogP contribution >= 0.6 is 0 Å². The maximum atomic E-state index is 12.6. The Hall–Kier alpha value is -2.38. The third-order valence-electron chi connectivity index (χ3n) is 4.17. The number of hydroxylamine groups is 2. The van der Waals surface area contributed by atoms with Gasteiger partial charge in [0.25, 0.3) is 11.8 Å². The number of alkyl halides is 3. The van der Waals surface area contributed by atoms with E-state index in [1.807, 2.05) is 0 Å². The van der Waals surface area contributed by atoms with Gasteiger partial charge in [-0.15, -0.1) is 0 Å². The summed E-state index contributed by atoms with van der Waals surface area (Å²) in [6.45, 7) is 0. The van der Waals surface area contributed by atoms with Crippen molar-refractivity contribution in [3.8, 4) is 0 Å². The molecule has 1 saturated carbocycles. The summed E-state index contributed by atoms with van der Waals surface area (Å²) < 4.78 is 37.9. The van der Waals surface area contributed by atoms with Gasteiger partial charge in [0.05, 0.1) is 23.0 Å². The standard InChI is InChI=1S/C15H12F3NO4/c16-15(17,18)9-6-5-8(7-9)14(22)23-19-12(20)10-3-1-2-4-11(10)13(19)21/h1-4,8-9H,5-7H2. The zero-order valence-electron chi connectivity index (χ0n) is 11.8. The van der Waals surface area contributed by atoms with Crippen molar-refractivity contribution < 1.29 is 32.4 Å². The van der Waals surface area contributed by atoms with E-state index in [0.29, 0.717) is 5.06 Å². The average molecular weight is 327 g/mol. The van der Waals surface area contributed by atoms with Gasteiger partial charge in [-0.1, -0.05) is 17.2 Å². The number of carbonyl (C=O) groups is 3. The first-order valence-electron chi connectivity index (χ1n) is 7.05. The number of fused-ring (bicyclic) bond motifs is 1. The highest BCUT2D eigenvalue weighted by molar-refractivity contribution is 6.20. The van der Waals surface area contributed by atoms with Crippen molar-refractivity contribution >= 4 is 17.8 Å². The van der Waals surface area contributed by atoms with Crippen molar-refractivity contribution in [2.75, 3.05) is 0 Å². The number of benzene rings is 1. The Balaban J connectivity index is 1.68. The number of nitrogens with zero attached hydrogens (tertiary/aromatic N) is 1. The fourth-order valence-electron chi connectivity index (χ4n) is 2.91. The minimum atomic E-state index is -4.36. The zero-order chi connectivity index (χ0) is 16.8. The van der Waals surface area contributed by atoms with E-state index in [1.165, 1.54) is 12.1 Å². The second-order valence-corrected chi connectivity index (χ2v) is 5.61. The molecule has 1 aromatic carbocycles. The van der Waals surface area contributed by atoms with Crippen LogP contribution in [0.5, 0.6) is 0 Å². The molecule has 23 heavy (non-hydrogen) atoms. The summed E-state index contributed by atoms with van der Waals surface area (Å²) in [5, 5.41) is 0.327. The Kier molecular flexibility index (Phi) is 3.62. The smallest absolute Gasteiger partial charge is 0.329 e. The maximum Gasteiger partial charge on any atom is 0.391 e. The molecule has 0 radical (unpaired) electrons. The average Bonchev–Trinajstić information content (AvgIpc) is 3.08. The molecule has 5 nitrogen and oxygen atoms in total. The van der Waals surface area contributed by atoms with Crippen LogP contribution in [0.1, 0.15) is 40.0 Å². The maximum absolute atomic E-state index is 12.6. The quantitative estimate of drug-likeness (QED) is 0.784. The molecule has 2 unspecified atom stereocenters. The van der Waals surface area contributed by atoms with Crippen LogP contribution in [-0.4, -0.2) is 29.0 Å². The van der Waals surface area contributed by atoms with Gasteiger partial charge in [0, 0.05) is 0 Å². The fraction of sp³-hybridized carbons (Fsp3) is 0.400. The number of carbonyl (C=O) groups excluding carboxylic acids is 3. The van der Waals surface area contributed by atoms with Crippen molar-refractivity contribution in [3.63, 3.8) is 0 Å².